The molecule has 2 N–H and O–H groups in total. The predicted molar refractivity (Wildman–Crippen MR) is 404 cm³/mol. The van der Waals surface area contributed by atoms with Gasteiger partial charge in [-0.1, -0.05) is 121 Å². The number of halogens is 2. The van der Waals surface area contributed by atoms with Gasteiger partial charge in [-0.15, -0.1) is 0 Å². The normalized spacial score (nSPS) is 12.8. The van der Waals surface area contributed by atoms with Crippen molar-refractivity contribution in [2.75, 3.05) is 20.4 Å². The van der Waals surface area contributed by atoms with Crippen LogP contribution in [0.15, 0.2) is 289 Å². The topological polar surface area (TPSA) is 176 Å². The highest BCUT2D eigenvalue weighted by molar-refractivity contribution is 6.29. The van der Waals surface area contributed by atoms with Gasteiger partial charge in [-0.25, -0.2) is 28.7 Å². The summed E-state index contributed by atoms with van der Waals surface area (Å²) in [6, 6.07) is 92.7. The number of aromatic nitrogens is 2. The summed E-state index contributed by atoms with van der Waals surface area (Å²) in [4.78, 5) is 23.6. The zero-order chi connectivity index (χ0) is 69.5. The van der Waals surface area contributed by atoms with Crippen molar-refractivity contribution >= 4 is 101 Å². The smallest absolute Gasteiger partial charge is 0.154 e. The first-order valence-corrected chi connectivity index (χ1v) is 32.8. The third kappa shape index (κ3) is 11.4. The van der Waals surface area contributed by atoms with Crippen molar-refractivity contribution in [1.82, 2.24) is 9.97 Å². The summed E-state index contributed by atoms with van der Waals surface area (Å²) in [5.74, 6) is 1.79. The quantitative estimate of drug-likeness (QED) is 0.0787. The number of hydrogen-bond donors (Lipinski definition) is 2. The van der Waals surface area contributed by atoms with Crippen molar-refractivity contribution in [1.29, 1.82) is 21.0 Å². The molecular weight excluding hydrogens is 1260 g/mol. The zero-order valence-electron chi connectivity index (χ0n) is 54.8. The van der Waals surface area contributed by atoms with E-state index in [1.165, 1.54) is 12.1 Å². The van der Waals surface area contributed by atoms with Gasteiger partial charge in [0.05, 0.1) is 34.4 Å². The molecule has 102 heavy (non-hydrogen) atoms. The number of rotatable bonds is 14. The van der Waals surface area contributed by atoms with E-state index in [0.717, 1.165) is 123 Å². The number of allylic oxidation sites excluding steroid dienone is 2. The fraction of sp³-hybridized carbons (Fsp3) is 0.0227. The van der Waals surface area contributed by atoms with Gasteiger partial charge < -0.3 is 20.4 Å². The molecule has 0 fully saturated rings. The number of nitrogens with one attached hydrogen (secondary N) is 2. The second kappa shape index (κ2) is 26.2. The van der Waals surface area contributed by atoms with E-state index in [4.69, 9.17) is 20.0 Å². The molecule has 0 atom stereocenters. The van der Waals surface area contributed by atoms with Gasteiger partial charge in [0.1, 0.15) is 35.4 Å². The van der Waals surface area contributed by atoms with Crippen LogP contribution in [0.2, 0.25) is 0 Å². The Hall–Kier alpha value is -14.4. The van der Waals surface area contributed by atoms with Crippen LogP contribution in [0.3, 0.4) is 0 Å². The molecule has 14 heteroatoms. The Kier molecular flexibility index (Phi) is 16.0. The minimum absolute atomic E-state index is 0.209. The van der Waals surface area contributed by atoms with Crippen LogP contribution >= 0.6 is 0 Å². The lowest BCUT2D eigenvalue weighted by molar-refractivity contribution is 0.631. The molecule has 480 valence electrons. The monoisotopic (exact) mass is 1320 g/mol. The molecule has 12 nitrogen and oxygen atoms in total. The van der Waals surface area contributed by atoms with Crippen molar-refractivity contribution in [2.45, 2.75) is 13.8 Å². The number of benzene rings is 12. The molecule has 0 saturated heterocycles. The van der Waals surface area contributed by atoms with Crippen LogP contribution in [0.1, 0.15) is 44.5 Å². The van der Waals surface area contributed by atoms with E-state index in [0.29, 0.717) is 56.7 Å². The highest BCUT2D eigenvalue weighted by Gasteiger charge is 2.26. The molecule has 0 saturated carbocycles. The van der Waals surface area contributed by atoms with E-state index < -0.39 is 0 Å². The number of pyridine rings is 2. The Bertz CT molecular complexity index is 5650. The Morgan fingerprint density at radius 3 is 1.10 bits per heavy atom. The molecule has 4 heterocycles. The van der Waals surface area contributed by atoms with Crippen LogP contribution in [0.25, 0.3) is 77.2 Å². The SMILES string of the molecule is Cc1cc(/C(C#N)=C(\C#N)c2ccc(N(c3ccc(C#N)cc3)c3ccc(-c4ccc(N=C5Nc6ccc(-c7ccccc7F)c7cccc5c67)nc4)cc3)c(C)c2)ccc1N(c1ccc(C#N)cc1)c1ccc(-c2ccc(N=C3Nc4ccc(-c5ccccc5F)c5cccc3c45)nc2)cc1. The zero-order valence-corrected chi connectivity index (χ0v) is 54.8. The van der Waals surface area contributed by atoms with Gasteiger partial charge in [-0.2, -0.15) is 21.0 Å². The minimum Gasteiger partial charge on any atom is -0.339 e. The molecule has 2 aliphatic heterocycles. The van der Waals surface area contributed by atoms with Crippen molar-refractivity contribution in [2.24, 2.45) is 9.98 Å². The molecule has 0 aliphatic carbocycles. The van der Waals surface area contributed by atoms with Crippen LogP contribution in [0.5, 0.6) is 0 Å². The lowest BCUT2D eigenvalue weighted by Crippen LogP contribution is -2.12. The molecule has 0 radical (unpaired) electrons. The fourth-order valence-electron chi connectivity index (χ4n) is 13.8. The van der Waals surface area contributed by atoms with Gasteiger partial charge >= 0.3 is 0 Å². The summed E-state index contributed by atoms with van der Waals surface area (Å²) in [7, 11) is 0. The average Bonchev–Trinajstić information content (AvgIpc) is 1.58. The third-order valence-electron chi connectivity index (χ3n) is 18.7. The maximum absolute atomic E-state index is 15.0. The number of hydrogen-bond acceptors (Lipinski definition) is 10. The van der Waals surface area contributed by atoms with Crippen LogP contribution in [-0.4, -0.2) is 21.6 Å². The predicted octanol–water partition coefficient (Wildman–Crippen LogP) is 22.0. The number of amidine groups is 2. The molecule has 0 unspecified atom stereocenters. The van der Waals surface area contributed by atoms with Crippen LogP contribution in [-0.2, 0) is 0 Å². The summed E-state index contributed by atoms with van der Waals surface area (Å²) >= 11 is 0. The summed E-state index contributed by atoms with van der Waals surface area (Å²) in [5, 5.41) is 52.2. The largest absolute Gasteiger partial charge is 0.339 e. The molecule has 0 bridgehead atoms. The molecule has 16 rings (SSSR count). The second-order valence-corrected chi connectivity index (χ2v) is 24.8. The van der Waals surface area contributed by atoms with Gasteiger partial charge in [-0.05, 0) is 215 Å². The Labute approximate surface area is 586 Å². The van der Waals surface area contributed by atoms with Gasteiger partial charge in [0.25, 0.3) is 0 Å². The summed E-state index contributed by atoms with van der Waals surface area (Å²) in [5.41, 5.74) is 19.1. The third-order valence-corrected chi connectivity index (χ3v) is 18.7. The molecule has 2 aromatic heterocycles. The lowest BCUT2D eigenvalue weighted by atomic mass is 9.93. The first-order valence-electron chi connectivity index (χ1n) is 32.8. The van der Waals surface area contributed by atoms with E-state index in [1.807, 2.05) is 220 Å². The summed E-state index contributed by atoms with van der Waals surface area (Å²) in [6.45, 7) is 3.94. The number of aliphatic imine (C=N–C) groups is 2. The van der Waals surface area contributed by atoms with E-state index in [2.05, 4.69) is 44.7 Å². The maximum Gasteiger partial charge on any atom is 0.154 e. The maximum atomic E-state index is 15.0. The number of nitrogens with zero attached hydrogens (tertiary/aromatic N) is 10. The average molecular weight is 1320 g/mol. The standard InChI is InChI=1S/C88H54F2N12/c1-53-45-59(25-41-81(53)101(63-29-17-55(47-91)18-30-63)65-33-21-57(22-34-65)61-27-43-83(95-51-61)99-87-73-13-7-11-71-67(37-39-79(97-87)85(71)73)69-9-3-5-15-77(69)89)75(49-93)76(50-94)60-26-42-82(54(2)46-60)102(64-31-19-56(48-92)20-32-64)66-35-23-58(24-36-66)62-28-44-84(96-52-62)100-88-74-14-8-12-72-68(38-40-80(98-88)86(72)74)70-10-4-6-16-78(70)90/h3-46,51-52H,1-2H3,(H,95,97,99)(H,96,98,100)/b76-75+. The van der Waals surface area contributed by atoms with E-state index in [1.54, 1.807) is 60.9 Å². The van der Waals surface area contributed by atoms with Crippen molar-refractivity contribution in [3.63, 3.8) is 0 Å². The number of aryl methyl sites for hydroxylation is 2. The van der Waals surface area contributed by atoms with Crippen molar-refractivity contribution in [3.05, 3.63) is 335 Å². The first-order chi connectivity index (χ1) is 50.0. The van der Waals surface area contributed by atoms with Crippen LogP contribution < -0.4 is 20.4 Å². The molecule has 2 aliphatic rings. The minimum atomic E-state index is -0.278. The number of anilines is 8. The molecule has 0 amide bonds. The van der Waals surface area contributed by atoms with E-state index in [9.17, 15) is 21.0 Å². The second-order valence-electron chi connectivity index (χ2n) is 24.8. The molecular formula is C88H54F2N12. The van der Waals surface area contributed by atoms with Crippen molar-refractivity contribution in [3.8, 4) is 68.8 Å². The summed E-state index contributed by atoms with van der Waals surface area (Å²) in [6.07, 6.45) is 3.60. The Morgan fingerprint density at radius 1 is 0.373 bits per heavy atom. The molecule has 12 aromatic carbocycles. The highest BCUT2D eigenvalue weighted by Crippen LogP contribution is 2.45. The van der Waals surface area contributed by atoms with Gasteiger partial charge in [-0.3, -0.25) is 0 Å². The first kappa shape index (κ1) is 62.4. The van der Waals surface area contributed by atoms with Gasteiger partial charge in [0.2, 0.25) is 0 Å². The highest BCUT2D eigenvalue weighted by atomic mass is 19.1. The van der Waals surface area contributed by atoms with Crippen LogP contribution in [0, 0.1) is 70.8 Å². The van der Waals surface area contributed by atoms with E-state index in [-0.39, 0.29) is 22.8 Å². The molecule has 0 spiro atoms. The number of nitriles is 4. The molecule has 14 aromatic rings. The van der Waals surface area contributed by atoms with Gasteiger partial charge in [0.15, 0.2) is 11.6 Å². The lowest BCUT2D eigenvalue weighted by Gasteiger charge is -2.28. The Balaban J connectivity index is 0.652. The van der Waals surface area contributed by atoms with Gasteiger partial charge in [0, 0.05) is 102 Å². The fourth-order valence-corrected chi connectivity index (χ4v) is 13.8. The van der Waals surface area contributed by atoms with E-state index >= 15 is 8.78 Å². The Morgan fingerprint density at radius 2 is 0.745 bits per heavy atom. The van der Waals surface area contributed by atoms with Crippen molar-refractivity contribution < 1.29 is 8.78 Å². The summed E-state index contributed by atoms with van der Waals surface area (Å²) < 4.78 is 30.0. The van der Waals surface area contributed by atoms with Crippen LogP contribution in [0.4, 0.5) is 65.9 Å².